The van der Waals surface area contributed by atoms with E-state index in [2.05, 4.69) is 5.32 Å². The summed E-state index contributed by atoms with van der Waals surface area (Å²) in [5, 5.41) is 11.7. The maximum absolute atomic E-state index is 11.5. The molecule has 0 fully saturated rings. The number of rotatable bonds is 3. The Morgan fingerprint density at radius 3 is 2.61 bits per heavy atom. The van der Waals surface area contributed by atoms with Crippen molar-refractivity contribution in [2.75, 3.05) is 0 Å². The first-order chi connectivity index (χ1) is 8.31. The molecule has 0 aliphatic heterocycles. The number of amides is 1. The van der Waals surface area contributed by atoms with Gasteiger partial charge in [0.05, 0.1) is 0 Å². The number of alkyl carbamates (subject to hydrolysis) is 1. The number of ether oxygens (including phenoxy) is 1. The van der Waals surface area contributed by atoms with Crippen molar-refractivity contribution in [3.05, 3.63) is 29.8 Å². The molecule has 0 heterocycles. The lowest BCUT2D eigenvalue weighted by atomic mass is 10.1. The summed E-state index contributed by atoms with van der Waals surface area (Å²) in [6.07, 6.45) is -0.0958. The van der Waals surface area contributed by atoms with Gasteiger partial charge in [0.2, 0.25) is 0 Å². The second kappa shape index (κ2) is 5.53. The highest BCUT2D eigenvalue weighted by Crippen LogP contribution is 2.17. The molecule has 1 aromatic rings. The van der Waals surface area contributed by atoms with E-state index in [1.165, 1.54) is 12.1 Å². The zero-order chi connectivity index (χ0) is 13.8. The quantitative estimate of drug-likeness (QED) is 0.807. The van der Waals surface area contributed by atoms with E-state index in [1.54, 1.807) is 32.9 Å². The number of aromatic hydroxyl groups is 1. The number of phenolic OH excluding ortho intramolecular Hbond substituents is 1. The van der Waals surface area contributed by atoms with E-state index in [0.717, 1.165) is 0 Å². The Balaban J connectivity index is 2.74. The van der Waals surface area contributed by atoms with Crippen LogP contribution in [0.25, 0.3) is 0 Å². The van der Waals surface area contributed by atoms with Gasteiger partial charge in [-0.1, -0.05) is 12.1 Å². The highest BCUT2D eigenvalue weighted by molar-refractivity contribution is 5.74. The predicted molar refractivity (Wildman–Crippen MR) is 66.3 cm³/mol. The Morgan fingerprint density at radius 2 is 2.11 bits per heavy atom. The molecule has 0 saturated heterocycles. The van der Waals surface area contributed by atoms with Crippen molar-refractivity contribution in [2.24, 2.45) is 0 Å². The van der Waals surface area contributed by atoms with Gasteiger partial charge in [-0.2, -0.15) is 0 Å². The molecule has 0 aliphatic rings. The molecule has 0 saturated carbocycles. The average Bonchev–Trinajstić information content (AvgIpc) is 2.23. The van der Waals surface area contributed by atoms with Crippen molar-refractivity contribution in [1.82, 2.24) is 5.32 Å². The van der Waals surface area contributed by atoms with Crippen LogP contribution in [0.15, 0.2) is 24.3 Å². The summed E-state index contributed by atoms with van der Waals surface area (Å²) >= 11 is 0. The average molecular weight is 251 g/mol. The minimum atomic E-state index is -0.841. The number of carbonyl (C=O) groups excluding carboxylic acids is 2. The Labute approximate surface area is 106 Å². The van der Waals surface area contributed by atoms with Crippen LogP contribution in [0.2, 0.25) is 0 Å². The molecular weight excluding hydrogens is 234 g/mol. The molecule has 5 heteroatoms. The zero-order valence-electron chi connectivity index (χ0n) is 10.6. The maximum Gasteiger partial charge on any atom is 0.408 e. The fourth-order valence-electron chi connectivity index (χ4n) is 1.35. The molecule has 2 N–H and O–H groups in total. The monoisotopic (exact) mass is 251 g/mol. The Morgan fingerprint density at radius 1 is 1.44 bits per heavy atom. The number of phenols is 1. The molecule has 5 nitrogen and oxygen atoms in total. The van der Waals surface area contributed by atoms with Crippen LogP contribution < -0.4 is 5.32 Å². The van der Waals surface area contributed by atoms with E-state index in [0.29, 0.717) is 11.8 Å². The molecule has 1 aromatic carbocycles. The maximum atomic E-state index is 11.5. The summed E-state index contributed by atoms with van der Waals surface area (Å²) in [6, 6.07) is 5.29. The van der Waals surface area contributed by atoms with Crippen LogP contribution in [-0.4, -0.2) is 23.1 Å². The molecule has 1 unspecified atom stereocenters. The van der Waals surface area contributed by atoms with E-state index in [9.17, 15) is 14.7 Å². The molecule has 98 valence electrons. The van der Waals surface area contributed by atoms with E-state index in [4.69, 9.17) is 4.74 Å². The third-order valence-electron chi connectivity index (χ3n) is 2.04. The Kier molecular flexibility index (Phi) is 4.31. The van der Waals surface area contributed by atoms with Gasteiger partial charge in [0.1, 0.15) is 23.7 Å². The number of carbonyl (C=O) groups is 2. The molecule has 0 radical (unpaired) electrons. The van der Waals surface area contributed by atoms with Gasteiger partial charge in [-0.25, -0.2) is 4.79 Å². The number of hydrogen-bond donors (Lipinski definition) is 2. The van der Waals surface area contributed by atoms with Crippen LogP contribution in [0.1, 0.15) is 32.4 Å². The van der Waals surface area contributed by atoms with Gasteiger partial charge in [0, 0.05) is 0 Å². The molecule has 0 aliphatic carbocycles. The van der Waals surface area contributed by atoms with Crippen molar-refractivity contribution in [3.63, 3.8) is 0 Å². The van der Waals surface area contributed by atoms with Gasteiger partial charge in [-0.05, 0) is 38.5 Å². The standard InChI is InChI=1S/C13H17NO4/c1-13(2,3)18-12(17)14-11(8-15)9-5-4-6-10(16)7-9/h4-8,11,16H,1-3H3,(H,14,17). The van der Waals surface area contributed by atoms with E-state index in [-0.39, 0.29) is 5.75 Å². The lowest BCUT2D eigenvalue weighted by Gasteiger charge is -2.21. The summed E-state index contributed by atoms with van der Waals surface area (Å²) in [5.74, 6) is 0.0327. The van der Waals surface area contributed by atoms with Crippen LogP contribution in [0.5, 0.6) is 5.75 Å². The molecule has 0 aromatic heterocycles. The smallest absolute Gasteiger partial charge is 0.408 e. The van der Waals surface area contributed by atoms with Crippen molar-refractivity contribution in [1.29, 1.82) is 0 Å². The third kappa shape index (κ3) is 4.45. The zero-order valence-corrected chi connectivity index (χ0v) is 10.6. The van der Waals surface area contributed by atoms with Gasteiger partial charge in [0.15, 0.2) is 0 Å². The number of benzene rings is 1. The first kappa shape index (κ1) is 14.0. The fraction of sp³-hybridized carbons (Fsp3) is 0.385. The van der Waals surface area contributed by atoms with E-state index >= 15 is 0 Å². The van der Waals surface area contributed by atoms with Crippen molar-refractivity contribution >= 4 is 12.4 Å². The Hall–Kier alpha value is -2.04. The first-order valence-electron chi connectivity index (χ1n) is 5.55. The van der Waals surface area contributed by atoms with Crippen LogP contribution in [-0.2, 0) is 9.53 Å². The van der Waals surface area contributed by atoms with Crippen LogP contribution in [0, 0.1) is 0 Å². The molecule has 1 atom stereocenters. The molecule has 0 bridgehead atoms. The number of hydrogen-bond acceptors (Lipinski definition) is 4. The number of nitrogens with one attached hydrogen (secondary N) is 1. The van der Waals surface area contributed by atoms with Crippen molar-refractivity contribution in [3.8, 4) is 5.75 Å². The highest BCUT2D eigenvalue weighted by atomic mass is 16.6. The van der Waals surface area contributed by atoms with Crippen LogP contribution in [0.4, 0.5) is 4.79 Å². The lowest BCUT2D eigenvalue weighted by molar-refractivity contribution is -0.109. The minimum absolute atomic E-state index is 0.0327. The molecule has 18 heavy (non-hydrogen) atoms. The van der Waals surface area contributed by atoms with Gasteiger partial charge >= 0.3 is 6.09 Å². The fourth-order valence-corrected chi connectivity index (χ4v) is 1.35. The largest absolute Gasteiger partial charge is 0.508 e. The van der Waals surface area contributed by atoms with Crippen LogP contribution in [0.3, 0.4) is 0 Å². The van der Waals surface area contributed by atoms with Crippen LogP contribution >= 0.6 is 0 Å². The van der Waals surface area contributed by atoms with Crippen molar-refractivity contribution in [2.45, 2.75) is 32.4 Å². The third-order valence-corrected chi connectivity index (χ3v) is 2.04. The normalized spacial score (nSPS) is 12.6. The lowest BCUT2D eigenvalue weighted by Crippen LogP contribution is -2.35. The first-order valence-corrected chi connectivity index (χ1v) is 5.55. The Bertz CT molecular complexity index is 437. The molecular formula is C13H17NO4. The van der Waals surface area contributed by atoms with E-state index in [1.807, 2.05) is 0 Å². The summed E-state index contributed by atoms with van der Waals surface area (Å²) < 4.78 is 5.05. The molecule has 1 rings (SSSR count). The van der Waals surface area contributed by atoms with Crippen molar-refractivity contribution < 1.29 is 19.4 Å². The topological polar surface area (TPSA) is 75.6 Å². The highest BCUT2D eigenvalue weighted by Gasteiger charge is 2.20. The predicted octanol–water partition coefficient (Wildman–Crippen LogP) is 2.16. The van der Waals surface area contributed by atoms with E-state index < -0.39 is 17.7 Å². The second-order valence-electron chi connectivity index (χ2n) is 4.85. The SMILES string of the molecule is CC(C)(C)OC(=O)NC(C=O)c1cccc(O)c1. The number of aldehydes is 1. The summed E-state index contributed by atoms with van der Waals surface area (Å²) in [7, 11) is 0. The second-order valence-corrected chi connectivity index (χ2v) is 4.85. The van der Waals surface area contributed by atoms with Gasteiger partial charge in [-0.15, -0.1) is 0 Å². The minimum Gasteiger partial charge on any atom is -0.508 e. The molecule has 0 spiro atoms. The summed E-state index contributed by atoms with van der Waals surface area (Å²) in [4.78, 5) is 22.5. The summed E-state index contributed by atoms with van der Waals surface area (Å²) in [6.45, 7) is 5.20. The molecule has 1 amide bonds. The van der Waals surface area contributed by atoms with Gasteiger partial charge < -0.3 is 20.0 Å². The van der Waals surface area contributed by atoms with Gasteiger partial charge in [0.25, 0.3) is 0 Å². The van der Waals surface area contributed by atoms with Gasteiger partial charge in [-0.3, -0.25) is 0 Å². The summed E-state index contributed by atoms with van der Waals surface area (Å²) in [5.41, 5.74) is -0.132.